The molecule has 2 aromatic heterocycles. The monoisotopic (exact) mass is 442 g/mol. The fourth-order valence-electron chi connectivity index (χ4n) is 6.32. The molecule has 0 bridgehead atoms. The van der Waals surface area contributed by atoms with Gasteiger partial charge in [-0.15, -0.1) is 0 Å². The lowest BCUT2D eigenvalue weighted by molar-refractivity contribution is 0.332. The average molecular weight is 443 g/mol. The third kappa shape index (κ3) is 2.57. The number of aromatic nitrogens is 2. The molecule has 6 aromatic rings. The molecule has 2 heterocycles. The molecule has 0 spiro atoms. The van der Waals surface area contributed by atoms with Crippen LogP contribution in [0.1, 0.15) is 51.7 Å². The van der Waals surface area contributed by atoms with E-state index in [0.717, 1.165) is 0 Å². The van der Waals surface area contributed by atoms with Crippen molar-refractivity contribution in [3.05, 3.63) is 90.0 Å². The highest BCUT2D eigenvalue weighted by molar-refractivity contribution is 6.22. The second-order valence-corrected chi connectivity index (χ2v) is 11.4. The zero-order valence-electron chi connectivity index (χ0n) is 20.4. The number of fused-ring (bicyclic) bond motifs is 8. The van der Waals surface area contributed by atoms with E-state index in [1.807, 2.05) is 0 Å². The van der Waals surface area contributed by atoms with Crippen LogP contribution in [0.25, 0.3) is 49.3 Å². The van der Waals surface area contributed by atoms with Crippen LogP contribution < -0.4 is 0 Å². The highest BCUT2D eigenvalue weighted by atomic mass is 15.0. The summed E-state index contributed by atoms with van der Waals surface area (Å²) in [6.45, 7) is 9.66. The highest BCUT2D eigenvalue weighted by Gasteiger charge is 2.38. The van der Waals surface area contributed by atoms with Crippen LogP contribution in [0.15, 0.2) is 78.9 Å². The van der Waals surface area contributed by atoms with Crippen molar-refractivity contribution in [2.45, 2.75) is 51.4 Å². The van der Waals surface area contributed by atoms with E-state index in [1.165, 1.54) is 73.3 Å². The summed E-state index contributed by atoms with van der Waals surface area (Å²) >= 11 is 0. The van der Waals surface area contributed by atoms with Gasteiger partial charge < -0.3 is 9.55 Å². The molecule has 168 valence electrons. The van der Waals surface area contributed by atoms with Crippen molar-refractivity contribution >= 4 is 43.6 Å². The van der Waals surface area contributed by atoms with Gasteiger partial charge in [-0.3, -0.25) is 0 Å². The number of para-hydroxylation sites is 2. The first kappa shape index (κ1) is 19.9. The fourth-order valence-corrected chi connectivity index (χ4v) is 6.32. The summed E-state index contributed by atoms with van der Waals surface area (Å²) in [6, 6.07) is 29.2. The van der Waals surface area contributed by atoms with Gasteiger partial charge in [-0.1, -0.05) is 76.2 Å². The Hall–Kier alpha value is -3.52. The lowest BCUT2D eigenvalue weighted by atomic mass is 9.63. The molecule has 1 aliphatic carbocycles. The van der Waals surface area contributed by atoms with Crippen molar-refractivity contribution in [1.82, 2.24) is 9.55 Å². The Balaban J connectivity index is 1.72. The van der Waals surface area contributed by atoms with Crippen LogP contribution in [0.2, 0.25) is 0 Å². The molecule has 0 radical (unpaired) electrons. The minimum atomic E-state index is 0.174. The SMILES string of the molecule is CC1(C)CCC(C)(C)c2cc3c(cc21)c1ccc2c4ccccc4[nH]c2c1n3-c1ccccc1. The molecule has 1 N–H and O–H groups in total. The van der Waals surface area contributed by atoms with Crippen LogP contribution in [0.5, 0.6) is 0 Å². The van der Waals surface area contributed by atoms with Gasteiger partial charge in [0.15, 0.2) is 0 Å². The first-order valence-electron chi connectivity index (χ1n) is 12.4. The van der Waals surface area contributed by atoms with Gasteiger partial charge in [-0.2, -0.15) is 0 Å². The smallest absolute Gasteiger partial charge is 0.0783 e. The molecule has 0 amide bonds. The van der Waals surface area contributed by atoms with E-state index < -0.39 is 0 Å². The molecule has 34 heavy (non-hydrogen) atoms. The van der Waals surface area contributed by atoms with Crippen LogP contribution in [-0.4, -0.2) is 9.55 Å². The van der Waals surface area contributed by atoms with Gasteiger partial charge in [0.2, 0.25) is 0 Å². The quantitative estimate of drug-likeness (QED) is 0.263. The molecule has 0 atom stereocenters. The van der Waals surface area contributed by atoms with E-state index in [0.29, 0.717) is 0 Å². The Labute approximate surface area is 200 Å². The molecule has 4 aromatic carbocycles. The molecule has 7 rings (SSSR count). The van der Waals surface area contributed by atoms with Crippen LogP contribution in [0.4, 0.5) is 0 Å². The lowest BCUT2D eigenvalue weighted by Gasteiger charge is -2.42. The molecule has 0 saturated heterocycles. The Kier molecular flexibility index (Phi) is 3.83. The molecule has 2 heteroatoms. The topological polar surface area (TPSA) is 20.7 Å². The van der Waals surface area contributed by atoms with Crippen LogP contribution in [0.3, 0.4) is 0 Å². The Morgan fingerprint density at radius 2 is 1.29 bits per heavy atom. The third-order valence-corrected chi connectivity index (χ3v) is 8.39. The first-order chi connectivity index (χ1) is 16.4. The number of nitrogens with zero attached hydrogens (tertiary/aromatic N) is 1. The summed E-state index contributed by atoms with van der Waals surface area (Å²) in [5, 5.41) is 5.24. The third-order valence-electron chi connectivity index (χ3n) is 8.39. The molecule has 2 nitrogen and oxygen atoms in total. The van der Waals surface area contributed by atoms with E-state index >= 15 is 0 Å². The maximum Gasteiger partial charge on any atom is 0.0783 e. The van der Waals surface area contributed by atoms with Crippen molar-refractivity contribution in [2.75, 3.05) is 0 Å². The molecular weight excluding hydrogens is 412 g/mol. The van der Waals surface area contributed by atoms with Gasteiger partial charge in [0.25, 0.3) is 0 Å². The van der Waals surface area contributed by atoms with Crippen LogP contribution in [0, 0.1) is 0 Å². The first-order valence-corrected chi connectivity index (χ1v) is 12.4. The van der Waals surface area contributed by atoms with E-state index in [4.69, 9.17) is 0 Å². The minimum Gasteiger partial charge on any atom is -0.353 e. The lowest BCUT2D eigenvalue weighted by Crippen LogP contribution is -2.33. The number of H-pyrrole nitrogens is 1. The van der Waals surface area contributed by atoms with Crippen LogP contribution in [-0.2, 0) is 10.8 Å². The number of hydrogen-bond acceptors (Lipinski definition) is 0. The molecule has 0 unspecified atom stereocenters. The fraction of sp³-hybridized carbons (Fsp3) is 0.250. The number of rotatable bonds is 1. The average Bonchev–Trinajstić information content (AvgIpc) is 3.37. The predicted octanol–water partition coefficient (Wildman–Crippen LogP) is 8.77. The summed E-state index contributed by atoms with van der Waals surface area (Å²) in [6.07, 6.45) is 2.44. The largest absolute Gasteiger partial charge is 0.353 e. The summed E-state index contributed by atoms with van der Waals surface area (Å²) in [4.78, 5) is 3.77. The van der Waals surface area contributed by atoms with Gasteiger partial charge in [-0.25, -0.2) is 0 Å². The van der Waals surface area contributed by atoms with Crippen molar-refractivity contribution in [1.29, 1.82) is 0 Å². The number of hydrogen-bond donors (Lipinski definition) is 1. The molecule has 1 aliphatic rings. The second-order valence-electron chi connectivity index (χ2n) is 11.4. The minimum absolute atomic E-state index is 0.174. The highest BCUT2D eigenvalue weighted by Crippen LogP contribution is 2.49. The molecule has 0 aliphatic heterocycles. The molecule has 0 fully saturated rings. The van der Waals surface area contributed by atoms with Crippen molar-refractivity contribution in [3.8, 4) is 5.69 Å². The summed E-state index contributed by atoms with van der Waals surface area (Å²) in [5.74, 6) is 0. The summed E-state index contributed by atoms with van der Waals surface area (Å²) < 4.78 is 2.49. The molecular formula is C32H30N2. The van der Waals surface area contributed by atoms with Crippen molar-refractivity contribution in [3.63, 3.8) is 0 Å². The van der Waals surface area contributed by atoms with E-state index in [1.54, 1.807) is 0 Å². The standard InChI is InChI=1S/C32H30N2/c1-31(2)16-17-32(3,4)26-19-28-24(18-25(26)31)23-15-14-22-21-12-8-9-13-27(21)33-29(22)30(23)34(28)20-10-6-5-7-11-20/h5-15,18-19,33H,16-17H2,1-4H3. The van der Waals surface area contributed by atoms with Gasteiger partial charge in [0, 0.05) is 32.7 Å². The normalized spacial score (nSPS) is 17.1. The maximum absolute atomic E-state index is 3.77. The molecule has 0 saturated carbocycles. The second kappa shape index (κ2) is 6.54. The van der Waals surface area contributed by atoms with Crippen molar-refractivity contribution < 1.29 is 0 Å². The summed E-state index contributed by atoms with van der Waals surface area (Å²) in [7, 11) is 0. The Morgan fingerprint density at radius 1 is 0.647 bits per heavy atom. The summed E-state index contributed by atoms with van der Waals surface area (Å²) in [5.41, 5.74) is 9.57. The number of benzene rings is 4. The van der Waals surface area contributed by atoms with Gasteiger partial charge in [-0.05, 0) is 65.1 Å². The van der Waals surface area contributed by atoms with Gasteiger partial charge in [0.1, 0.15) is 0 Å². The van der Waals surface area contributed by atoms with E-state index in [2.05, 4.69) is 116 Å². The zero-order chi connectivity index (χ0) is 23.2. The van der Waals surface area contributed by atoms with E-state index in [-0.39, 0.29) is 10.8 Å². The maximum atomic E-state index is 3.77. The van der Waals surface area contributed by atoms with Gasteiger partial charge in [0.05, 0.1) is 16.6 Å². The number of nitrogens with one attached hydrogen (secondary N) is 1. The number of aromatic amines is 1. The Morgan fingerprint density at radius 3 is 2.06 bits per heavy atom. The van der Waals surface area contributed by atoms with Gasteiger partial charge >= 0.3 is 0 Å². The van der Waals surface area contributed by atoms with Crippen molar-refractivity contribution in [2.24, 2.45) is 0 Å². The Bertz CT molecular complexity index is 1740. The predicted molar refractivity (Wildman–Crippen MR) is 145 cm³/mol. The van der Waals surface area contributed by atoms with Crippen LogP contribution >= 0.6 is 0 Å². The van der Waals surface area contributed by atoms with E-state index in [9.17, 15) is 0 Å². The zero-order valence-corrected chi connectivity index (χ0v) is 20.4.